The Morgan fingerprint density at radius 3 is 2.80 bits per heavy atom. The van der Waals surface area contributed by atoms with Crippen LogP contribution in [-0.2, 0) is 11.3 Å². The summed E-state index contributed by atoms with van der Waals surface area (Å²) in [5, 5.41) is 0.307. The third-order valence-corrected chi connectivity index (χ3v) is 3.54. The van der Waals surface area contributed by atoms with Crippen molar-refractivity contribution in [3.05, 3.63) is 58.9 Å². The van der Waals surface area contributed by atoms with E-state index in [-0.39, 0.29) is 19.1 Å². The predicted octanol–water partition coefficient (Wildman–Crippen LogP) is 3.40. The number of fused-ring (bicyclic) bond motifs is 1. The van der Waals surface area contributed by atoms with E-state index < -0.39 is 5.82 Å². The largest absolute Gasteiger partial charge is 0.482 e. The lowest BCUT2D eigenvalue weighted by Gasteiger charge is -2.29. The van der Waals surface area contributed by atoms with Crippen LogP contribution in [0.1, 0.15) is 5.56 Å². The maximum Gasteiger partial charge on any atom is 0.265 e. The minimum Gasteiger partial charge on any atom is -0.482 e. The average molecular weight is 292 g/mol. The smallest absolute Gasteiger partial charge is 0.265 e. The van der Waals surface area contributed by atoms with Crippen LogP contribution in [0.5, 0.6) is 5.75 Å². The number of anilines is 1. The first-order valence-corrected chi connectivity index (χ1v) is 6.49. The van der Waals surface area contributed by atoms with Crippen molar-refractivity contribution in [1.29, 1.82) is 0 Å². The molecule has 0 saturated heterocycles. The number of hydrogen-bond donors (Lipinski definition) is 0. The second-order valence-electron chi connectivity index (χ2n) is 4.44. The highest BCUT2D eigenvalue weighted by Crippen LogP contribution is 2.33. The molecule has 102 valence electrons. The Morgan fingerprint density at radius 2 is 2.00 bits per heavy atom. The molecule has 5 heteroatoms. The van der Waals surface area contributed by atoms with Crippen molar-refractivity contribution in [3.8, 4) is 5.75 Å². The van der Waals surface area contributed by atoms with Gasteiger partial charge in [0, 0.05) is 10.6 Å². The summed E-state index contributed by atoms with van der Waals surface area (Å²) >= 11 is 6.01. The van der Waals surface area contributed by atoms with E-state index in [4.69, 9.17) is 16.3 Å². The minimum atomic E-state index is -0.422. The Morgan fingerprint density at radius 1 is 1.20 bits per heavy atom. The van der Waals surface area contributed by atoms with Gasteiger partial charge in [0.05, 0.1) is 12.2 Å². The number of para-hydroxylation sites is 2. The Bertz CT molecular complexity index is 654. The number of rotatable bonds is 2. The quantitative estimate of drug-likeness (QED) is 0.849. The highest BCUT2D eigenvalue weighted by atomic mass is 35.5. The van der Waals surface area contributed by atoms with Crippen molar-refractivity contribution >= 4 is 23.2 Å². The fraction of sp³-hybridized carbons (Fsp3) is 0.133. The van der Waals surface area contributed by atoms with Gasteiger partial charge in [-0.1, -0.05) is 29.8 Å². The maximum absolute atomic E-state index is 13.9. The molecule has 1 aliphatic rings. The zero-order chi connectivity index (χ0) is 14.1. The van der Waals surface area contributed by atoms with Crippen LogP contribution >= 0.6 is 11.6 Å². The summed E-state index contributed by atoms with van der Waals surface area (Å²) in [5.41, 5.74) is 0.933. The number of hydrogen-bond acceptors (Lipinski definition) is 2. The summed E-state index contributed by atoms with van der Waals surface area (Å²) in [7, 11) is 0. The summed E-state index contributed by atoms with van der Waals surface area (Å²) in [6.45, 7) is 0.0355. The van der Waals surface area contributed by atoms with Gasteiger partial charge in [0.15, 0.2) is 6.61 Å². The van der Waals surface area contributed by atoms with Crippen LogP contribution in [0.2, 0.25) is 5.02 Å². The SMILES string of the molecule is O=C1COc2ccccc2N1Cc1c(F)cccc1Cl. The summed E-state index contributed by atoms with van der Waals surface area (Å²) < 4.78 is 19.2. The topological polar surface area (TPSA) is 29.5 Å². The summed E-state index contributed by atoms with van der Waals surface area (Å²) in [6.07, 6.45) is 0. The molecule has 1 aliphatic heterocycles. The van der Waals surface area contributed by atoms with Crippen LogP contribution in [0.4, 0.5) is 10.1 Å². The normalized spacial score (nSPS) is 13.9. The van der Waals surface area contributed by atoms with Crippen molar-refractivity contribution in [2.75, 3.05) is 11.5 Å². The molecule has 1 heterocycles. The number of amides is 1. The van der Waals surface area contributed by atoms with Gasteiger partial charge in [-0.15, -0.1) is 0 Å². The Labute approximate surface area is 120 Å². The number of nitrogens with zero attached hydrogens (tertiary/aromatic N) is 1. The highest BCUT2D eigenvalue weighted by Gasteiger charge is 2.26. The lowest BCUT2D eigenvalue weighted by atomic mass is 10.1. The molecule has 0 radical (unpaired) electrons. The molecule has 2 aromatic rings. The van der Waals surface area contributed by atoms with Gasteiger partial charge in [-0.2, -0.15) is 0 Å². The lowest BCUT2D eigenvalue weighted by molar-refractivity contribution is -0.121. The van der Waals surface area contributed by atoms with E-state index in [2.05, 4.69) is 0 Å². The van der Waals surface area contributed by atoms with E-state index in [1.165, 1.54) is 17.0 Å². The zero-order valence-corrected chi connectivity index (χ0v) is 11.2. The van der Waals surface area contributed by atoms with Gasteiger partial charge < -0.3 is 9.64 Å². The third kappa shape index (κ3) is 2.23. The van der Waals surface area contributed by atoms with E-state index in [0.717, 1.165) is 0 Å². The van der Waals surface area contributed by atoms with Gasteiger partial charge in [0.2, 0.25) is 0 Å². The number of carbonyl (C=O) groups is 1. The Hall–Kier alpha value is -2.07. The van der Waals surface area contributed by atoms with E-state index in [1.54, 1.807) is 24.3 Å². The maximum atomic E-state index is 13.9. The monoisotopic (exact) mass is 291 g/mol. The fourth-order valence-electron chi connectivity index (χ4n) is 2.17. The summed E-state index contributed by atoms with van der Waals surface area (Å²) in [4.78, 5) is 13.5. The molecule has 0 aliphatic carbocycles. The zero-order valence-electron chi connectivity index (χ0n) is 10.5. The lowest BCUT2D eigenvalue weighted by Crippen LogP contribution is -2.38. The molecule has 3 nitrogen and oxygen atoms in total. The molecule has 20 heavy (non-hydrogen) atoms. The van der Waals surface area contributed by atoms with Gasteiger partial charge >= 0.3 is 0 Å². The number of halogens is 2. The molecule has 0 saturated carbocycles. The molecule has 0 N–H and O–H groups in total. The second kappa shape index (κ2) is 5.13. The molecule has 0 aromatic heterocycles. The first-order chi connectivity index (χ1) is 9.66. The molecule has 0 atom stereocenters. The third-order valence-electron chi connectivity index (χ3n) is 3.19. The molecular formula is C15H11ClFNO2. The van der Waals surface area contributed by atoms with Crippen LogP contribution in [0.15, 0.2) is 42.5 Å². The second-order valence-corrected chi connectivity index (χ2v) is 4.84. The van der Waals surface area contributed by atoms with Crippen molar-refractivity contribution in [3.63, 3.8) is 0 Å². The van der Waals surface area contributed by atoms with Gasteiger partial charge in [0.25, 0.3) is 5.91 Å². The number of ether oxygens (including phenoxy) is 1. The Kier molecular flexibility index (Phi) is 3.32. The van der Waals surface area contributed by atoms with Crippen LogP contribution in [0.25, 0.3) is 0 Å². The van der Waals surface area contributed by atoms with Crippen molar-refractivity contribution in [1.82, 2.24) is 0 Å². The van der Waals surface area contributed by atoms with Gasteiger partial charge in [0.1, 0.15) is 11.6 Å². The predicted molar refractivity (Wildman–Crippen MR) is 74.5 cm³/mol. The van der Waals surface area contributed by atoms with Gasteiger partial charge in [-0.3, -0.25) is 4.79 Å². The van der Waals surface area contributed by atoms with Crippen LogP contribution in [0, 0.1) is 5.82 Å². The summed E-state index contributed by atoms with van der Waals surface area (Å²) in [5.74, 6) is -0.0307. The molecule has 0 fully saturated rings. The number of carbonyl (C=O) groups excluding carboxylic acids is 1. The van der Waals surface area contributed by atoms with Crippen LogP contribution < -0.4 is 9.64 Å². The Balaban J connectivity index is 2.00. The van der Waals surface area contributed by atoms with Gasteiger partial charge in [-0.25, -0.2) is 4.39 Å². The molecule has 0 bridgehead atoms. The van der Waals surface area contributed by atoms with Crippen molar-refractivity contribution in [2.24, 2.45) is 0 Å². The van der Waals surface area contributed by atoms with E-state index >= 15 is 0 Å². The molecule has 2 aromatic carbocycles. The molecular weight excluding hydrogens is 281 g/mol. The van der Waals surface area contributed by atoms with Crippen LogP contribution in [0.3, 0.4) is 0 Å². The first-order valence-electron chi connectivity index (χ1n) is 6.12. The molecule has 3 rings (SSSR count). The van der Waals surface area contributed by atoms with Gasteiger partial charge in [-0.05, 0) is 24.3 Å². The molecule has 1 amide bonds. The number of benzene rings is 2. The fourth-order valence-corrected chi connectivity index (χ4v) is 2.39. The molecule has 0 unspecified atom stereocenters. The first kappa shape index (κ1) is 12.9. The average Bonchev–Trinajstić information content (AvgIpc) is 2.45. The minimum absolute atomic E-state index is 0.0525. The van der Waals surface area contributed by atoms with Crippen molar-refractivity contribution < 1.29 is 13.9 Å². The summed E-state index contributed by atoms with van der Waals surface area (Å²) in [6, 6.07) is 11.6. The van der Waals surface area contributed by atoms with E-state index in [0.29, 0.717) is 22.0 Å². The standard InChI is InChI=1S/C15H11ClFNO2/c16-11-4-3-5-12(17)10(11)8-18-13-6-1-2-7-14(13)20-9-15(18)19/h1-7H,8-9H2. The van der Waals surface area contributed by atoms with E-state index in [9.17, 15) is 9.18 Å². The van der Waals surface area contributed by atoms with Crippen LogP contribution in [-0.4, -0.2) is 12.5 Å². The van der Waals surface area contributed by atoms with E-state index in [1.807, 2.05) is 6.07 Å². The van der Waals surface area contributed by atoms with Crippen molar-refractivity contribution in [2.45, 2.75) is 6.54 Å². The molecule has 0 spiro atoms. The highest BCUT2D eigenvalue weighted by molar-refractivity contribution is 6.31.